The van der Waals surface area contributed by atoms with Crippen LogP contribution in [0.25, 0.3) is 0 Å². The molecule has 0 saturated carbocycles. The lowest BCUT2D eigenvalue weighted by molar-refractivity contribution is 0.00330. The number of rotatable bonds is 4. The lowest BCUT2D eigenvalue weighted by Gasteiger charge is -2.36. The van der Waals surface area contributed by atoms with Gasteiger partial charge in [0.2, 0.25) is 5.88 Å². The molecule has 1 atom stereocenters. The Hall–Kier alpha value is -1.21. The molecule has 1 aromatic rings. The molecule has 0 N–H and O–H groups in total. The quantitative estimate of drug-likeness (QED) is 0.451. The van der Waals surface area contributed by atoms with Gasteiger partial charge >= 0.3 is 6.09 Å². The summed E-state index contributed by atoms with van der Waals surface area (Å²) in [7, 11) is 0. The number of nitrogens with zero attached hydrogens (tertiary/aromatic N) is 3. The van der Waals surface area contributed by atoms with Crippen LogP contribution in [0, 0.1) is 0 Å². The summed E-state index contributed by atoms with van der Waals surface area (Å²) in [6, 6.07) is 1.56. The smallest absolute Gasteiger partial charge is 0.410 e. The first-order chi connectivity index (χ1) is 11.3. The van der Waals surface area contributed by atoms with E-state index < -0.39 is 5.60 Å². The summed E-state index contributed by atoms with van der Waals surface area (Å²) >= 11 is 7.37. The van der Waals surface area contributed by atoms with E-state index in [0.717, 1.165) is 19.3 Å². The molecule has 1 aromatic heterocycles. The Morgan fingerprint density at radius 2 is 2.17 bits per heavy atom. The molecule has 0 spiro atoms. The number of piperidine rings is 1. The van der Waals surface area contributed by atoms with Gasteiger partial charge in [-0.25, -0.2) is 9.78 Å². The lowest BCUT2D eigenvalue weighted by atomic mass is 10.0. The molecule has 2 rings (SSSR count). The lowest BCUT2D eigenvalue weighted by Crippen LogP contribution is -2.48. The Labute approximate surface area is 152 Å². The van der Waals surface area contributed by atoms with Crippen LogP contribution in [0.3, 0.4) is 0 Å². The second kappa shape index (κ2) is 8.25. The number of aromatic nitrogens is 2. The fourth-order valence-corrected chi connectivity index (χ4v) is 3.05. The van der Waals surface area contributed by atoms with Crippen LogP contribution in [-0.4, -0.2) is 52.0 Å². The van der Waals surface area contributed by atoms with Gasteiger partial charge in [-0.1, -0.05) is 23.4 Å². The third-order valence-corrected chi connectivity index (χ3v) is 4.25. The van der Waals surface area contributed by atoms with Gasteiger partial charge < -0.3 is 14.4 Å². The maximum Gasteiger partial charge on any atom is 0.410 e. The van der Waals surface area contributed by atoms with E-state index in [1.807, 2.05) is 27.0 Å². The number of ether oxygens (including phenoxy) is 2. The maximum absolute atomic E-state index is 12.4. The molecule has 6 nitrogen and oxygen atoms in total. The number of likely N-dealkylation sites (tertiary alicyclic amines) is 1. The van der Waals surface area contributed by atoms with Crippen molar-refractivity contribution in [3.63, 3.8) is 0 Å². The molecule has 2 heterocycles. The summed E-state index contributed by atoms with van der Waals surface area (Å²) in [5.74, 6) is 0.425. The number of halogens is 1. The van der Waals surface area contributed by atoms with E-state index in [-0.39, 0.29) is 12.1 Å². The molecule has 1 saturated heterocycles. The number of hydrogen-bond acceptors (Lipinski definition) is 6. The first-order valence-electron chi connectivity index (χ1n) is 7.99. The van der Waals surface area contributed by atoms with E-state index in [9.17, 15) is 4.79 Å². The fraction of sp³-hybridized carbons (Fsp3) is 0.688. The predicted molar refractivity (Wildman–Crippen MR) is 94.9 cm³/mol. The number of thioether (sulfide) groups is 1. The van der Waals surface area contributed by atoms with Gasteiger partial charge in [-0.3, -0.25) is 0 Å². The van der Waals surface area contributed by atoms with Crippen molar-refractivity contribution in [1.82, 2.24) is 14.9 Å². The minimum atomic E-state index is -0.507. The van der Waals surface area contributed by atoms with Crippen molar-refractivity contribution in [3.8, 4) is 5.88 Å². The van der Waals surface area contributed by atoms with Gasteiger partial charge in [-0.15, -0.1) is 0 Å². The minimum Gasteiger partial charge on any atom is -0.475 e. The van der Waals surface area contributed by atoms with Crippen molar-refractivity contribution < 1.29 is 14.3 Å². The Morgan fingerprint density at radius 1 is 1.42 bits per heavy atom. The number of amides is 1. The number of hydrogen-bond donors (Lipinski definition) is 0. The largest absolute Gasteiger partial charge is 0.475 e. The molecule has 1 fully saturated rings. The van der Waals surface area contributed by atoms with Crippen molar-refractivity contribution in [2.45, 2.75) is 56.8 Å². The summed E-state index contributed by atoms with van der Waals surface area (Å²) in [5.41, 5.74) is -0.507. The van der Waals surface area contributed by atoms with Gasteiger partial charge in [-0.05, 0) is 46.3 Å². The molecule has 0 radical (unpaired) electrons. The zero-order valence-corrected chi connectivity index (χ0v) is 16.1. The van der Waals surface area contributed by atoms with Crippen molar-refractivity contribution in [2.24, 2.45) is 0 Å². The van der Waals surface area contributed by atoms with E-state index in [0.29, 0.717) is 29.3 Å². The highest BCUT2D eigenvalue weighted by molar-refractivity contribution is 7.98. The minimum absolute atomic E-state index is 0.0277. The molecule has 8 heteroatoms. The molecule has 0 aromatic carbocycles. The average molecular weight is 374 g/mol. The Kier molecular flexibility index (Phi) is 6.57. The van der Waals surface area contributed by atoms with E-state index >= 15 is 0 Å². The summed E-state index contributed by atoms with van der Waals surface area (Å²) in [4.78, 5) is 22.5. The van der Waals surface area contributed by atoms with Crippen molar-refractivity contribution in [2.75, 3.05) is 19.4 Å². The summed E-state index contributed by atoms with van der Waals surface area (Å²) in [6.07, 6.45) is 4.51. The van der Waals surface area contributed by atoms with E-state index in [4.69, 9.17) is 21.1 Å². The monoisotopic (exact) mass is 373 g/mol. The highest BCUT2D eigenvalue weighted by atomic mass is 35.5. The van der Waals surface area contributed by atoms with Gasteiger partial charge in [0.25, 0.3) is 0 Å². The zero-order valence-electron chi connectivity index (χ0n) is 14.5. The molecule has 1 aliphatic rings. The normalized spacial score (nSPS) is 18.4. The number of carbonyl (C=O) groups is 1. The van der Waals surface area contributed by atoms with Gasteiger partial charge in [0, 0.05) is 12.6 Å². The van der Waals surface area contributed by atoms with Gasteiger partial charge in [0.15, 0.2) is 5.16 Å². The first-order valence-corrected chi connectivity index (χ1v) is 9.60. The standard InChI is InChI=1S/C16H24ClN3O3S/c1-16(2,3)23-15(21)20-8-6-5-7-11(20)10-22-13-9-12(17)18-14(19-13)24-4/h9,11H,5-8,10H2,1-4H3. The van der Waals surface area contributed by atoms with E-state index in [1.54, 1.807) is 11.0 Å². The number of carbonyl (C=O) groups excluding carboxylic acids is 1. The van der Waals surface area contributed by atoms with Crippen molar-refractivity contribution in [3.05, 3.63) is 11.2 Å². The Balaban J connectivity index is 2.01. The SMILES string of the molecule is CSc1nc(Cl)cc(OCC2CCCCN2C(=O)OC(C)(C)C)n1. The van der Waals surface area contributed by atoms with Gasteiger partial charge in [-0.2, -0.15) is 4.98 Å². The molecule has 0 bridgehead atoms. The second-order valence-electron chi connectivity index (χ2n) is 6.65. The molecule has 1 amide bonds. The summed E-state index contributed by atoms with van der Waals surface area (Å²) in [6.45, 7) is 6.65. The van der Waals surface area contributed by atoms with E-state index in [1.165, 1.54) is 11.8 Å². The Bertz CT molecular complexity index is 580. The summed E-state index contributed by atoms with van der Waals surface area (Å²) in [5, 5.41) is 0.905. The van der Waals surface area contributed by atoms with Crippen LogP contribution >= 0.6 is 23.4 Å². The van der Waals surface area contributed by atoms with Crippen molar-refractivity contribution >= 4 is 29.5 Å². The molecule has 1 aliphatic heterocycles. The van der Waals surface area contributed by atoms with Gasteiger partial charge in [0.05, 0.1) is 6.04 Å². The molecule has 1 unspecified atom stereocenters. The highest BCUT2D eigenvalue weighted by Gasteiger charge is 2.31. The highest BCUT2D eigenvalue weighted by Crippen LogP contribution is 2.23. The molecular weight excluding hydrogens is 350 g/mol. The third-order valence-electron chi connectivity index (χ3n) is 3.51. The van der Waals surface area contributed by atoms with E-state index in [2.05, 4.69) is 9.97 Å². The Morgan fingerprint density at radius 3 is 2.83 bits per heavy atom. The zero-order chi connectivity index (χ0) is 17.7. The van der Waals surface area contributed by atoms with Crippen LogP contribution in [-0.2, 0) is 4.74 Å². The molecule has 0 aliphatic carbocycles. The topological polar surface area (TPSA) is 64.5 Å². The molecular formula is C16H24ClN3O3S. The summed E-state index contributed by atoms with van der Waals surface area (Å²) < 4.78 is 11.3. The molecule has 24 heavy (non-hydrogen) atoms. The van der Waals surface area contributed by atoms with Crippen LogP contribution in [0.5, 0.6) is 5.88 Å². The average Bonchev–Trinajstić information content (AvgIpc) is 2.51. The van der Waals surface area contributed by atoms with Crippen LogP contribution in [0.1, 0.15) is 40.0 Å². The molecule has 134 valence electrons. The van der Waals surface area contributed by atoms with Crippen LogP contribution in [0.4, 0.5) is 4.79 Å². The van der Waals surface area contributed by atoms with Gasteiger partial charge in [0.1, 0.15) is 17.4 Å². The van der Waals surface area contributed by atoms with Crippen LogP contribution < -0.4 is 4.74 Å². The first kappa shape index (κ1) is 19.1. The van der Waals surface area contributed by atoms with Crippen LogP contribution in [0.2, 0.25) is 5.15 Å². The van der Waals surface area contributed by atoms with Crippen molar-refractivity contribution in [1.29, 1.82) is 0 Å². The third kappa shape index (κ3) is 5.70. The van der Waals surface area contributed by atoms with Crippen LogP contribution in [0.15, 0.2) is 11.2 Å². The predicted octanol–water partition coefficient (Wildman–Crippen LogP) is 4.02. The second-order valence-corrected chi connectivity index (χ2v) is 7.81. The maximum atomic E-state index is 12.4. The fourth-order valence-electron chi connectivity index (χ4n) is 2.46.